The van der Waals surface area contributed by atoms with E-state index < -0.39 is 0 Å². The number of fused-ring (bicyclic) bond motifs is 5. The fourth-order valence-electron chi connectivity index (χ4n) is 8.00. The van der Waals surface area contributed by atoms with Gasteiger partial charge in [-0.25, -0.2) is 4.57 Å². The normalized spacial score (nSPS) is 12.0. The lowest BCUT2D eigenvalue weighted by Gasteiger charge is -2.09. The molecule has 0 N–H and O–H groups in total. The van der Waals surface area contributed by atoms with Crippen molar-refractivity contribution in [3.05, 3.63) is 142 Å². The number of benzene rings is 2. The lowest BCUT2D eigenvalue weighted by atomic mass is 9.99. The van der Waals surface area contributed by atoms with Crippen LogP contribution in [-0.4, -0.2) is 4.57 Å². The molecule has 0 spiro atoms. The smallest absolute Gasteiger partial charge is 0.266 e. The van der Waals surface area contributed by atoms with Gasteiger partial charge in [-0.1, -0.05) is 18.2 Å². The molecule has 59 heavy (non-hydrogen) atoms. The van der Waals surface area contributed by atoms with Crippen LogP contribution >= 0.6 is 90.7 Å². The molecule has 0 atom stereocenters. The van der Waals surface area contributed by atoms with Gasteiger partial charge in [0, 0.05) is 89.8 Å². The van der Waals surface area contributed by atoms with E-state index >= 15 is 0 Å². The van der Waals surface area contributed by atoms with Gasteiger partial charge in [-0.05, 0) is 125 Å². The first-order valence-electron chi connectivity index (χ1n) is 19.0. The first-order valence-corrected chi connectivity index (χ1v) is 25.6. The molecular formula is C48H33NO2S8. The van der Waals surface area contributed by atoms with Crippen molar-refractivity contribution < 1.29 is 0 Å². The highest BCUT2D eigenvalue weighted by Crippen LogP contribution is 2.55. The summed E-state index contributed by atoms with van der Waals surface area (Å²) in [5, 5.41) is 3.81. The Morgan fingerprint density at radius 3 is 1.46 bits per heavy atom. The second-order valence-corrected chi connectivity index (χ2v) is 24.3. The Kier molecular flexibility index (Phi) is 9.03. The first kappa shape index (κ1) is 37.7. The van der Waals surface area contributed by atoms with Crippen molar-refractivity contribution in [2.75, 3.05) is 0 Å². The molecule has 0 saturated heterocycles. The highest BCUT2D eigenvalue weighted by Gasteiger charge is 2.26. The molecule has 11 heteroatoms. The van der Waals surface area contributed by atoms with Crippen molar-refractivity contribution in [1.82, 2.24) is 4.57 Å². The molecule has 0 fully saturated rings. The molecular weight excluding hydrogens is 879 g/mol. The van der Waals surface area contributed by atoms with Crippen LogP contribution < -0.4 is 11.1 Å². The van der Waals surface area contributed by atoms with E-state index in [4.69, 9.17) is 0 Å². The number of para-hydroxylation sites is 1. The lowest BCUT2D eigenvalue weighted by molar-refractivity contribution is 0.976. The van der Waals surface area contributed by atoms with Crippen LogP contribution in [0.1, 0.15) is 30.6 Å². The van der Waals surface area contributed by atoms with E-state index in [1.54, 1.807) is 34.0 Å². The molecule has 0 bridgehead atoms. The Morgan fingerprint density at radius 1 is 0.390 bits per heavy atom. The molecule has 0 amide bonds. The minimum atomic E-state index is -0.279. The lowest BCUT2D eigenvalue weighted by Crippen LogP contribution is -2.28. The second-order valence-electron chi connectivity index (χ2n) is 15.0. The van der Waals surface area contributed by atoms with Crippen LogP contribution in [0.5, 0.6) is 0 Å². The van der Waals surface area contributed by atoms with Crippen molar-refractivity contribution in [3.8, 4) is 55.8 Å². The predicted molar refractivity (Wildman–Crippen MR) is 267 cm³/mol. The molecule has 0 aliphatic rings. The van der Waals surface area contributed by atoms with E-state index in [1.165, 1.54) is 90.9 Å². The maximum atomic E-state index is 14.4. The first-order chi connectivity index (χ1) is 28.5. The summed E-state index contributed by atoms with van der Waals surface area (Å²) in [5.74, 6) is 0. The molecule has 9 heterocycles. The monoisotopic (exact) mass is 911 g/mol. The van der Waals surface area contributed by atoms with Gasteiger partial charge in [0.2, 0.25) is 0 Å². The molecule has 0 saturated carbocycles. The summed E-state index contributed by atoms with van der Waals surface area (Å²) in [7, 11) is 0. The Balaban J connectivity index is 1.13. The van der Waals surface area contributed by atoms with Crippen molar-refractivity contribution in [2.45, 2.75) is 41.5 Å². The minimum absolute atomic E-state index is 0.271. The highest BCUT2D eigenvalue weighted by atomic mass is 32.1. The van der Waals surface area contributed by atoms with Crippen LogP contribution in [0.4, 0.5) is 0 Å². The summed E-state index contributed by atoms with van der Waals surface area (Å²) >= 11 is 14.5. The fourth-order valence-corrected chi connectivity index (χ4v) is 17.3. The number of hydrogen-bond donors (Lipinski definition) is 0. The average molecular weight is 912 g/mol. The van der Waals surface area contributed by atoms with E-state index in [-0.39, 0.29) is 11.1 Å². The Labute approximate surface area is 372 Å². The van der Waals surface area contributed by atoms with Gasteiger partial charge in [0.25, 0.3) is 11.1 Å². The van der Waals surface area contributed by atoms with Crippen molar-refractivity contribution >= 4 is 131 Å². The van der Waals surface area contributed by atoms with Crippen LogP contribution in [0.25, 0.3) is 96.2 Å². The number of thiophene rings is 8. The summed E-state index contributed by atoms with van der Waals surface area (Å²) < 4.78 is 5.78. The molecule has 0 aliphatic carbocycles. The molecule has 11 aromatic rings. The number of rotatable bonds is 6. The van der Waals surface area contributed by atoms with Crippen molar-refractivity contribution in [1.29, 1.82) is 0 Å². The van der Waals surface area contributed by atoms with Gasteiger partial charge in [0.1, 0.15) is 0 Å². The average Bonchev–Trinajstić information content (AvgIpc) is 4.07. The summed E-state index contributed by atoms with van der Waals surface area (Å²) in [5.41, 5.74) is 5.23. The molecule has 0 radical (unpaired) electrons. The van der Waals surface area contributed by atoms with Crippen LogP contribution in [-0.2, 0) is 0 Å². The van der Waals surface area contributed by atoms with E-state index in [0.717, 1.165) is 24.0 Å². The second kappa shape index (κ2) is 14.1. The van der Waals surface area contributed by atoms with E-state index in [9.17, 15) is 9.59 Å². The summed E-state index contributed by atoms with van der Waals surface area (Å²) in [6.45, 7) is 13.1. The molecule has 0 aliphatic heterocycles. The van der Waals surface area contributed by atoms with Crippen LogP contribution in [0.2, 0.25) is 0 Å². The van der Waals surface area contributed by atoms with Gasteiger partial charge < -0.3 is 0 Å². The number of aromatic nitrogens is 1. The summed E-state index contributed by atoms with van der Waals surface area (Å²) in [6, 6.07) is 32.0. The third-order valence-corrected chi connectivity index (χ3v) is 20.6. The largest absolute Gasteiger partial charge is 0.268 e. The maximum absolute atomic E-state index is 14.4. The SMILES string of the molecule is Cc1ccc(-c2c3cc(-c4cc(C)c(-c5cc6c(=O)n(-c7ccccc7)c(=O)c7cc(C)sc7c6s5)s4)sc3c(-c3ccc(C)s3)c3cc(-c4cc(C)c(C)s4)sc23)s1. The molecule has 290 valence electrons. The number of aryl methyl sites for hydroxylation is 6. The van der Waals surface area contributed by atoms with Gasteiger partial charge in [-0.2, -0.15) is 0 Å². The molecule has 3 nitrogen and oxygen atoms in total. The highest BCUT2D eigenvalue weighted by molar-refractivity contribution is 7.32. The van der Waals surface area contributed by atoms with Crippen LogP contribution in [0.3, 0.4) is 0 Å². The molecule has 11 rings (SSSR count). The third kappa shape index (κ3) is 6.08. The van der Waals surface area contributed by atoms with E-state index in [0.29, 0.717) is 16.5 Å². The zero-order valence-electron chi connectivity index (χ0n) is 32.7. The van der Waals surface area contributed by atoms with Crippen molar-refractivity contribution in [2.24, 2.45) is 0 Å². The zero-order valence-corrected chi connectivity index (χ0v) is 39.2. The summed E-state index contributed by atoms with van der Waals surface area (Å²) in [6.07, 6.45) is 0. The molecule has 9 aromatic heterocycles. The van der Waals surface area contributed by atoms with Crippen LogP contribution in [0.15, 0.2) is 101 Å². The number of nitrogens with zero attached hydrogens (tertiary/aromatic N) is 1. The van der Waals surface area contributed by atoms with Gasteiger partial charge in [-0.3, -0.25) is 9.59 Å². The topological polar surface area (TPSA) is 39.1 Å². The van der Waals surface area contributed by atoms with E-state index in [1.807, 2.05) is 106 Å². The van der Waals surface area contributed by atoms with Gasteiger partial charge in [0.05, 0.1) is 25.9 Å². The standard InChI is InChI=1S/C48H33NO2S8/c1-22-16-35(55-27(22)6)37-19-29-40(33-14-12-24(3)52-33)44-30(41(43(29)57-37)34-15-13-25(4)53-34)20-38(58-44)36-17-23(2)42(56-36)39-21-32-46(59-39)45-31(18-26(5)54-45)47(50)49(48(32)51)28-10-8-7-9-11-28/h7-21H,1-6H3. The van der Waals surface area contributed by atoms with Gasteiger partial charge in [0.15, 0.2) is 0 Å². The Bertz CT molecular complexity index is 3510. The van der Waals surface area contributed by atoms with Crippen LogP contribution in [0, 0.1) is 41.5 Å². The molecule has 0 unspecified atom stereocenters. The minimum Gasteiger partial charge on any atom is -0.268 e. The predicted octanol–water partition coefficient (Wildman–Crippen LogP) is 16.5. The third-order valence-electron chi connectivity index (χ3n) is 10.9. The zero-order chi connectivity index (χ0) is 40.4. The van der Waals surface area contributed by atoms with Gasteiger partial charge >= 0.3 is 0 Å². The Morgan fingerprint density at radius 2 is 0.898 bits per heavy atom. The van der Waals surface area contributed by atoms with Crippen molar-refractivity contribution in [3.63, 3.8) is 0 Å². The maximum Gasteiger partial charge on any atom is 0.266 e. The van der Waals surface area contributed by atoms with E-state index in [2.05, 4.69) is 83.1 Å². The molecule has 2 aromatic carbocycles. The fraction of sp³-hybridized carbons (Fsp3) is 0.125. The summed E-state index contributed by atoms with van der Waals surface area (Å²) in [4.78, 5) is 43.3. The number of hydrogen-bond acceptors (Lipinski definition) is 10. The van der Waals surface area contributed by atoms with Gasteiger partial charge in [-0.15, -0.1) is 90.7 Å². The Hall–Kier alpha value is -4.30. The quantitative estimate of drug-likeness (QED) is 0.167.